The summed E-state index contributed by atoms with van der Waals surface area (Å²) in [4.78, 5) is 21.9. The Labute approximate surface area is 83.3 Å². The third-order valence-corrected chi connectivity index (χ3v) is 1.46. The van der Waals surface area contributed by atoms with Gasteiger partial charge in [-0.1, -0.05) is 0 Å². The highest BCUT2D eigenvalue weighted by Gasteiger charge is 2.11. The van der Waals surface area contributed by atoms with E-state index in [4.69, 9.17) is 9.47 Å². The average Bonchev–Trinajstić information content (AvgIpc) is 2.14. The molecule has 0 N–H and O–H groups in total. The van der Waals surface area contributed by atoms with Crippen molar-refractivity contribution in [1.29, 1.82) is 0 Å². The Balaban J connectivity index is 3.60. The van der Waals surface area contributed by atoms with Crippen molar-refractivity contribution in [2.45, 2.75) is 26.6 Å². The van der Waals surface area contributed by atoms with Crippen molar-refractivity contribution in [2.24, 2.45) is 0 Å². The number of carbonyl (C=O) groups excluding carboxylic acids is 2. The minimum absolute atomic E-state index is 0.131. The lowest BCUT2D eigenvalue weighted by Crippen LogP contribution is -2.20. The minimum Gasteiger partial charge on any atom is -0.466 e. The third kappa shape index (κ3) is 6.56. The summed E-state index contributed by atoms with van der Waals surface area (Å²) in [6, 6.07) is 0. The Morgan fingerprint density at radius 2 is 2.00 bits per heavy atom. The van der Waals surface area contributed by atoms with Gasteiger partial charge in [0.1, 0.15) is 13.0 Å². The summed E-state index contributed by atoms with van der Waals surface area (Å²) in [7, 11) is 1.47. The highest BCUT2D eigenvalue weighted by Crippen LogP contribution is 1.94. The summed E-state index contributed by atoms with van der Waals surface area (Å²) in [5.74, 6) is -0.835. The number of ether oxygens (including phenoxy) is 3. The van der Waals surface area contributed by atoms with Gasteiger partial charge in [0.25, 0.3) is 0 Å². The summed E-state index contributed by atoms with van der Waals surface area (Å²) in [5.41, 5.74) is 0. The first-order valence-electron chi connectivity index (χ1n) is 4.41. The number of ketones is 1. The van der Waals surface area contributed by atoms with Crippen LogP contribution in [0.5, 0.6) is 0 Å². The van der Waals surface area contributed by atoms with Crippen LogP contribution in [0.15, 0.2) is 0 Å². The molecule has 0 aliphatic rings. The second-order valence-corrected chi connectivity index (χ2v) is 2.63. The SMILES string of the molecule is CCOC(=O)CC(=O)COC(C)OC. The molecule has 0 heterocycles. The molecule has 0 saturated carbocycles. The molecule has 1 unspecified atom stereocenters. The normalized spacial score (nSPS) is 12.2. The van der Waals surface area contributed by atoms with E-state index < -0.39 is 12.3 Å². The standard InChI is InChI=1S/C9H16O5/c1-4-13-9(11)5-8(10)6-14-7(2)12-3/h7H,4-6H2,1-3H3. The van der Waals surface area contributed by atoms with Gasteiger partial charge >= 0.3 is 5.97 Å². The molecule has 0 amide bonds. The first-order chi connectivity index (χ1) is 6.60. The molecule has 0 aromatic rings. The lowest BCUT2D eigenvalue weighted by atomic mass is 10.3. The molecule has 0 aromatic heterocycles. The molecule has 0 spiro atoms. The number of carbonyl (C=O) groups is 2. The molecule has 5 nitrogen and oxygen atoms in total. The van der Waals surface area contributed by atoms with Gasteiger partial charge in [-0.15, -0.1) is 0 Å². The van der Waals surface area contributed by atoms with Crippen molar-refractivity contribution in [3.63, 3.8) is 0 Å². The number of hydrogen-bond donors (Lipinski definition) is 0. The van der Waals surface area contributed by atoms with E-state index in [0.29, 0.717) is 0 Å². The van der Waals surface area contributed by atoms with Crippen molar-refractivity contribution in [2.75, 3.05) is 20.3 Å². The molecule has 0 saturated heterocycles. The van der Waals surface area contributed by atoms with Crippen LogP contribution in [-0.2, 0) is 23.8 Å². The van der Waals surface area contributed by atoms with Crippen LogP contribution in [0.25, 0.3) is 0 Å². The summed E-state index contributed by atoms with van der Waals surface area (Å²) < 4.78 is 14.3. The third-order valence-electron chi connectivity index (χ3n) is 1.46. The number of hydrogen-bond acceptors (Lipinski definition) is 5. The molecule has 82 valence electrons. The van der Waals surface area contributed by atoms with Gasteiger partial charge < -0.3 is 14.2 Å². The van der Waals surface area contributed by atoms with E-state index in [9.17, 15) is 9.59 Å². The molecule has 0 bridgehead atoms. The summed E-state index contributed by atoms with van der Waals surface area (Å²) in [6.07, 6.45) is -0.689. The zero-order chi connectivity index (χ0) is 11.0. The monoisotopic (exact) mass is 204 g/mol. The van der Waals surface area contributed by atoms with Crippen LogP contribution in [0.1, 0.15) is 20.3 Å². The average molecular weight is 204 g/mol. The molecular weight excluding hydrogens is 188 g/mol. The highest BCUT2D eigenvalue weighted by molar-refractivity contribution is 5.96. The molecule has 0 aromatic carbocycles. The van der Waals surface area contributed by atoms with Gasteiger partial charge in [-0.25, -0.2) is 0 Å². The van der Waals surface area contributed by atoms with Gasteiger partial charge in [-0.05, 0) is 13.8 Å². The maximum absolute atomic E-state index is 11.1. The number of esters is 1. The summed E-state index contributed by atoms with van der Waals surface area (Å²) in [5, 5.41) is 0. The Kier molecular flexibility index (Phi) is 6.96. The molecule has 0 fully saturated rings. The Bertz CT molecular complexity index is 190. The van der Waals surface area contributed by atoms with Crippen LogP contribution in [0.2, 0.25) is 0 Å². The van der Waals surface area contributed by atoms with Gasteiger partial charge in [0, 0.05) is 7.11 Å². The van der Waals surface area contributed by atoms with Gasteiger partial charge in [0.05, 0.1) is 6.61 Å². The molecule has 0 radical (unpaired) electrons. The van der Waals surface area contributed by atoms with Crippen molar-refractivity contribution >= 4 is 11.8 Å². The first kappa shape index (κ1) is 13.1. The van der Waals surface area contributed by atoms with Gasteiger partial charge in [0.15, 0.2) is 12.1 Å². The van der Waals surface area contributed by atoms with E-state index in [1.54, 1.807) is 13.8 Å². The fraction of sp³-hybridized carbons (Fsp3) is 0.778. The van der Waals surface area contributed by atoms with Crippen LogP contribution in [-0.4, -0.2) is 38.4 Å². The highest BCUT2D eigenvalue weighted by atomic mass is 16.7. The van der Waals surface area contributed by atoms with Crippen molar-refractivity contribution < 1.29 is 23.8 Å². The summed E-state index contributed by atoms with van der Waals surface area (Å²) >= 11 is 0. The molecule has 0 rings (SSSR count). The maximum Gasteiger partial charge on any atom is 0.313 e. The molecule has 0 aliphatic heterocycles. The fourth-order valence-electron chi connectivity index (χ4n) is 0.702. The predicted octanol–water partition coefficient (Wildman–Crippen LogP) is 0.518. The topological polar surface area (TPSA) is 61.8 Å². The molecule has 1 atom stereocenters. The van der Waals surface area contributed by atoms with E-state index in [1.165, 1.54) is 7.11 Å². The lowest BCUT2D eigenvalue weighted by molar-refractivity contribution is -0.151. The molecule has 5 heteroatoms. The van der Waals surface area contributed by atoms with Crippen LogP contribution in [0.3, 0.4) is 0 Å². The molecule has 14 heavy (non-hydrogen) atoms. The van der Waals surface area contributed by atoms with E-state index in [0.717, 1.165) is 0 Å². The summed E-state index contributed by atoms with van der Waals surface area (Å²) in [6.45, 7) is 3.50. The van der Waals surface area contributed by atoms with E-state index >= 15 is 0 Å². The zero-order valence-corrected chi connectivity index (χ0v) is 8.74. The first-order valence-corrected chi connectivity index (χ1v) is 4.41. The predicted molar refractivity (Wildman–Crippen MR) is 48.7 cm³/mol. The minimum atomic E-state index is -0.522. The van der Waals surface area contributed by atoms with Crippen LogP contribution in [0.4, 0.5) is 0 Å². The van der Waals surface area contributed by atoms with Gasteiger partial charge in [-0.3, -0.25) is 9.59 Å². The molecule has 0 aliphatic carbocycles. The maximum atomic E-state index is 11.1. The number of Topliss-reactive ketones (excluding diaryl/α,β-unsaturated/α-hetero) is 1. The van der Waals surface area contributed by atoms with Crippen LogP contribution in [0, 0.1) is 0 Å². The Hall–Kier alpha value is -0.940. The van der Waals surface area contributed by atoms with E-state index in [-0.39, 0.29) is 25.4 Å². The molecular formula is C9H16O5. The number of rotatable bonds is 7. The van der Waals surface area contributed by atoms with Crippen molar-refractivity contribution in [3.05, 3.63) is 0 Å². The van der Waals surface area contributed by atoms with E-state index in [2.05, 4.69) is 4.74 Å². The smallest absolute Gasteiger partial charge is 0.313 e. The quantitative estimate of drug-likeness (QED) is 0.343. The number of methoxy groups -OCH3 is 1. The van der Waals surface area contributed by atoms with Crippen LogP contribution < -0.4 is 0 Å². The lowest BCUT2D eigenvalue weighted by Gasteiger charge is -2.09. The van der Waals surface area contributed by atoms with Gasteiger partial charge in [0.2, 0.25) is 0 Å². The second-order valence-electron chi connectivity index (χ2n) is 2.63. The Morgan fingerprint density at radius 1 is 1.36 bits per heavy atom. The van der Waals surface area contributed by atoms with Crippen molar-refractivity contribution in [1.82, 2.24) is 0 Å². The fourth-order valence-corrected chi connectivity index (χ4v) is 0.702. The Morgan fingerprint density at radius 3 is 2.50 bits per heavy atom. The van der Waals surface area contributed by atoms with Crippen LogP contribution >= 0.6 is 0 Å². The zero-order valence-electron chi connectivity index (χ0n) is 8.74. The second kappa shape index (κ2) is 7.46. The van der Waals surface area contributed by atoms with E-state index in [1.807, 2.05) is 0 Å². The van der Waals surface area contributed by atoms with Gasteiger partial charge in [-0.2, -0.15) is 0 Å². The largest absolute Gasteiger partial charge is 0.466 e. The van der Waals surface area contributed by atoms with Crippen molar-refractivity contribution in [3.8, 4) is 0 Å².